The predicted octanol–water partition coefficient (Wildman–Crippen LogP) is 6.09. The highest BCUT2D eigenvalue weighted by atomic mass is 28.3. The Hall–Kier alpha value is 0.0969. The monoisotopic (exact) mass is 373 g/mol. The fraction of sp³-hybridized carbons (Fsp3) is 1.00. The minimum atomic E-state index is -1.51. The molecule has 0 aromatic carbocycles. The molecule has 0 aromatic heterocycles. The van der Waals surface area contributed by atoms with Crippen molar-refractivity contribution in [1.29, 1.82) is 0 Å². The molecule has 0 aromatic rings. The standard InChI is InChI=1S/C21H47NO2Si/c1-4-6-8-10-12-14-17-21(18-15-13-11-9-7-5-2)24-25(23-3)20-16-19-22/h21,25H,4-20,22H2,1-3H3. The van der Waals surface area contributed by atoms with E-state index in [4.69, 9.17) is 14.6 Å². The minimum Gasteiger partial charge on any atom is -0.400 e. The summed E-state index contributed by atoms with van der Waals surface area (Å²) >= 11 is 0. The van der Waals surface area contributed by atoms with Crippen LogP contribution in [0.2, 0.25) is 6.04 Å². The zero-order chi connectivity index (χ0) is 18.6. The van der Waals surface area contributed by atoms with Crippen molar-refractivity contribution in [2.24, 2.45) is 5.73 Å². The average Bonchev–Trinajstić information content (AvgIpc) is 2.63. The number of rotatable bonds is 20. The molecule has 3 nitrogen and oxygen atoms in total. The van der Waals surface area contributed by atoms with Gasteiger partial charge in [0.05, 0.1) is 0 Å². The van der Waals surface area contributed by atoms with Gasteiger partial charge in [0.2, 0.25) is 0 Å². The van der Waals surface area contributed by atoms with Crippen LogP contribution in [0.5, 0.6) is 0 Å². The molecule has 0 saturated heterocycles. The van der Waals surface area contributed by atoms with Gasteiger partial charge < -0.3 is 14.6 Å². The van der Waals surface area contributed by atoms with E-state index in [-0.39, 0.29) is 0 Å². The Bertz CT molecular complexity index is 238. The van der Waals surface area contributed by atoms with Crippen LogP contribution in [-0.4, -0.2) is 29.0 Å². The summed E-state index contributed by atoms with van der Waals surface area (Å²) in [4.78, 5) is 0. The summed E-state index contributed by atoms with van der Waals surface area (Å²) in [7, 11) is 0.311. The van der Waals surface area contributed by atoms with Crippen LogP contribution in [0.4, 0.5) is 0 Å². The van der Waals surface area contributed by atoms with Gasteiger partial charge in [0, 0.05) is 13.2 Å². The maximum Gasteiger partial charge on any atom is 0.321 e. The van der Waals surface area contributed by atoms with Gasteiger partial charge in [-0.05, 0) is 31.9 Å². The third-order valence-corrected chi connectivity index (χ3v) is 7.10. The van der Waals surface area contributed by atoms with Gasteiger partial charge in [-0.3, -0.25) is 0 Å². The van der Waals surface area contributed by atoms with Crippen LogP contribution >= 0.6 is 0 Å². The van der Waals surface area contributed by atoms with E-state index in [1.54, 1.807) is 0 Å². The molecule has 0 spiro atoms. The molecule has 0 amide bonds. The van der Waals surface area contributed by atoms with Crippen molar-refractivity contribution < 1.29 is 8.85 Å². The SMILES string of the molecule is CCCCCCCCC(CCCCCCCC)O[SiH](CCCN)OC. The fourth-order valence-corrected chi connectivity index (χ4v) is 5.08. The van der Waals surface area contributed by atoms with Gasteiger partial charge in [0.15, 0.2) is 0 Å². The first-order valence-corrected chi connectivity index (χ1v) is 12.9. The van der Waals surface area contributed by atoms with Crippen molar-refractivity contribution in [3.05, 3.63) is 0 Å². The second kappa shape index (κ2) is 20.4. The zero-order valence-corrected chi connectivity index (χ0v) is 18.7. The van der Waals surface area contributed by atoms with Gasteiger partial charge in [-0.25, -0.2) is 0 Å². The average molecular weight is 374 g/mol. The lowest BCUT2D eigenvalue weighted by Crippen LogP contribution is -2.28. The normalized spacial score (nSPS) is 12.8. The molecule has 1 atom stereocenters. The first-order chi connectivity index (χ1) is 12.3. The van der Waals surface area contributed by atoms with Crippen molar-refractivity contribution in [3.8, 4) is 0 Å². The molecule has 0 saturated carbocycles. The van der Waals surface area contributed by atoms with Crippen LogP contribution < -0.4 is 5.73 Å². The summed E-state index contributed by atoms with van der Waals surface area (Å²) in [6.07, 6.45) is 20.2. The molecule has 0 aliphatic heterocycles. The molecule has 0 rings (SSSR count). The third kappa shape index (κ3) is 17.3. The smallest absolute Gasteiger partial charge is 0.321 e. The van der Waals surface area contributed by atoms with Crippen molar-refractivity contribution in [2.45, 2.75) is 122 Å². The summed E-state index contributed by atoms with van der Waals surface area (Å²) in [5.74, 6) is 0. The molecule has 0 fully saturated rings. The Morgan fingerprint density at radius 3 is 1.64 bits per heavy atom. The summed E-state index contributed by atoms with van der Waals surface area (Å²) in [5.41, 5.74) is 5.65. The Morgan fingerprint density at radius 1 is 0.720 bits per heavy atom. The quantitative estimate of drug-likeness (QED) is 0.207. The molecule has 25 heavy (non-hydrogen) atoms. The van der Waals surface area contributed by atoms with E-state index in [9.17, 15) is 0 Å². The highest BCUT2D eigenvalue weighted by Crippen LogP contribution is 2.18. The van der Waals surface area contributed by atoms with Crippen LogP contribution in [0.3, 0.4) is 0 Å². The topological polar surface area (TPSA) is 44.5 Å². The summed E-state index contributed by atoms with van der Waals surface area (Å²) in [6.45, 7) is 5.30. The van der Waals surface area contributed by atoms with E-state index in [0.29, 0.717) is 6.10 Å². The molecule has 0 radical (unpaired) electrons. The fourth-order valence-electron chi connectivity index (χ4n) is 3.33. The molecule has 1 unspecified atom stereocenters. The lowest BCUT2D eigenvalue weighted by atomic mass is 10.0. The minimum absolute atomic E-state index is 0.423. The molecular weight excluding hydrogens is 326 g/mol. The number of hydrogen-bond acceptors (Lipinski definition) is 3. The van der Waals surface area contributed by atoms with E-state index in [0.717, 1.165) is 19.0 Å². The van der Waals surface area contributed by atoms with Crippen LogP contribution in [-0.2, 0) is 8.85 Å². The van der Waals surface area contributed by atoms with Gasteiger partial charge in [-0.15, -0.1) is 0 Å². The Labute approximate surface area is 160 Å². The van der Waals surface area contributed by atoms with Crippen LogP contribution in [0.25, 0.3) is 0 Å². The molecule has 0 bridgehead atoms. The number of hydrogen-bond donors (Lipinski definition) is 1. The molecule has 0 aliphatic rings. The van der Waals surface area contributed by atoms with Gasteiger partial charge >= 0.3 is 9.28 Å². The Balaban J connectivity index is 4.06. The third-order valence-electron chi connectivity index (χ3n) is 5.01. The zero-order valence-electron chi connectivity index (χ0n) is 17.6. The second-order valence-corrected chi connectivity index (χ2v) is 9.65. The predicted molar refractivity (Wildman–Crippen MR) is 113 cm³/mol. The van der Waals surface area contributed by atoms with Crippen molar-refractivity contribution in [3.63, 3.8) is 0 Å². The summed E-state index contributed by atoms with van der Waals surface area (Å²) in [5, 5.41) is 0. The highest BCUT2D eigenvalue weighted by molar-refractivity contribution is 6.44. The second-order valence-electron chi connectivity index (χ2n) is 7.47. The Kier molecular flexibility index (Phi) is 20.5. The van der Waals surface area contributed by atoms with Crippen LogP contribution in [0.1, 0.15) is 110 Å². The molecule has 2 N–H and O–H groups in total. The maximum absolute atomic E-state index is 6.42. The molecule has 152 valence electrons. The van der Waals surface area contributed by atoms with Crippen molar-refractivity contribution in [1.82, 2.24) is 0 Å². The lowest BCUT2D eigenvalue weighted by molar-refractivity contribution is 0.129. The molecule has 0 heterocycles. The molecule has 4 heteroatoms. The van der Waals surface area contributed by atoms with Gasteiger partial charge in [-0.2, -0.15) is 0 Å². The van der Waals surface area contributed by atoms with E-state index >= 15 is 0 Å². The van der Waals surface area contributed by atoms with E-state index < -0.39 is 9.28 Å². The number of nitrogens with two attached hydrogens (primary N) is 1. The van der Waals surface area contributed by atoms with E-state index in [2.05, 4.69) is 13.8 Å². The van der Waals surface area contributed by atoms with Crippen LogP contribution in [0.15, 0.2) is 0 Å². The number of unbranched alkanes of at least 4 members (excludes halogenated alkanes) is 10. The van der Waals surface area contributed by atoms with Crippen molar-refractivity contribution >= 4 is 9.28 Å². The molecule has 0 aliphatic carbocycles. The first kappa shape index (κ1) is 25.1. The van der Waals surface area contributed by atoms with Crippen LogP contribution in [0, 0.1) is 0 Å². The first-order valence-electron chi connectivity index (χ1n) is 11.2. The lowest BCUT2D eigenvalue weighted by Gasteiger charge is -2.23. The summed E-state index contributed by atoms with van der Waals surface area (Å²) in [6, 6.07) is 1.05. The Morgan fingerprint density at radius 2 is 1.20 bits per heavy atom. The van der Waals surface area contributed by atoms with Crippen molar-refractivity contribution in [2.75, 3.05) is 13.7 Å². The van der Waals surface area contributed by atoms with E-state index in [1.165, 1.54) is 89.9 Å². The van der Waals surface area contributed by atoms with Gasteiger partial charge in [0.1, 0.15) is 0 Å². The maximum atomic E-state index is 6.42. The largest absolute Gasteiger partial charge is 0.400 e. The molecular formula is C21H47NO2Si. The van der Waals surface area contributed by atoms with E-state index in [1.807, 2.05) is 7.11 Å². The van der Waals surface area contributed by atoms with Gasteiger partial charge in [0.25, 0.3) is 0 Å². The highest BCUT2D eigenvalue weighted by Gasteiger charge is 2.18. The van der Waals surface area contributed by atoms with Gasteiger partial charge in [-0.1, -0.05) is 90.9 Å². The summed E-state index contributed by atoms with van der Waals surface area (Å²) < 4.78 is 12.1.